The topological polar surface area (TPSA) is 52.3 Å². The highest BCUT2D eigenvalue weighted by molar-refractivity contribution is 6.19. The van der Waals surface area contributed by atoms with Crippen molar-refractivity contribution >= 4 is 17.5 Å². The maximum atomic E-state index is 11.1. The number of amides is 1. The Balaban J connectivity index is 2.26. The minimum atomic E-state index is -0.461. The van der Waals surface area contributed by atoms with E-state index in [1.165, 1.54) is 32.1 Å². The predicted molar refractivity (Wildman–Crippen MR) is 83.2 cm³/mol. The lowest BCUT2D eigenvalue weighted by atomic mass is 10.1. The summed E-state index contributed by atoms with van der Waals surface area (Å²) in [6.07, 6.45) is 8.19. The molecule has 0 bridgehead atoms. The molecule has 0 aromatic heterocycles. The molecule has 0 saturated carbocycles. The Morgan fingerprint density at radius 2 is 1.95 bits per heavy atom. The number of rotatable bonds is 10. The number of nitrogens with two attached hydrogens (primary N) is 1. The number of hydrogen-bond donors (Lipinski definition) is 1. The van der Waals surface area contributed by atoms with Gasteiger partial charge in [0, 0.05) is 5.56 Å². The van der Waals surface area contributed by atoms with Gasteiger partial charge in [-0.1, -0.05) is 56.7 Å². The molecule has 3 nitrogen and oxygen atoms in total. The summed E-state index contributed by atoms with van der Waals surface area (Å²) in [5.74, 6) is 0.129. The van der Waals surface area contributed by atoms with Crippen molar-refractivity contribution in [2.45, 2.75) is 57.4 Å². The highest BCUT2D eigenvalue weighted by Crippen LogP contribution is 2.19. The number of carbonyl (C=O) groups excluding carboxylic acids is 1. The van der Waals surface area contributed by atoms with Crippen LogP contribution in [0.15, 0.2) is 24.3 Å². The van der Waals surface area contributed by atoms with Crippen LogP contribution in [0.25, 0.3) is 0 Å². The second kappa shape index (κ2) is 9.65. The minimum Gasteiger partial charge on any atom is -0.475 e. The van der Waals surface area contributed by atoms with Gasteiger partial charge < -0.3 is 10.5 Å². The van der Waals surface area contributed by atoms with Gasteiger partial charge in [0.15, 0.2) is 5.56 Å². The summed E-state index contributed by atoms with van der Waals surface area (Å²) in [7, 11) is 0. The van der Waals surface area contributed by atoms with E-state index in [1.54, 1.807) is 24.3 Å². The van der Waals surface area contributed by atoms with Crippen LogP contribution in [0.1, 0.15) is 62.2 Å². The second-order valence-electron chi connectivity index (χ2n) is 4.98. The van der Waals surface area contributed by atoms with Crippen molar-refractivity contribution in [2.75, 3.05) is 0 Å². The summed E-state index contributed by atoms with van der Waals surface area (Å²) in [6.45, 7) is 2.21. The van der Waals surface area contributed by atoms with Crippen LogP contribution in [-0.2, 0) is 0 Å². The lowest BCUT2D eigenvalue weighted by Gasteiger charge is -2.13. The van der Waals surface area contributed by atoms with Crippen LogP contribution in [-0.4, -0.2) is 11.5 Å². The van der Waals surface area contributed by atoms with Crippen molar-refractivity contribution in [2.24, 2.45) is 5.73 Å². The van der Waals surface area contributed by atoms with Gasteiger partial charge in [-0.05, 0) is 31.0 Å². The van der Waals surface area contributed by atoms with E-state index in [0.29, 0.717) is 11.3 Å². The maximum absolute atomic E-state index is 11.1. The van der Waals surface area contributed by atoms with E-state index in [1.807, 2.05) is 0 Å². The molecule has 0 saturated heterocycles. The zero-order valence-electron chi connectivity index (χ0n) is 12.1. The Kier molecular flexibility index (Phi) is 8.12. The monoisotopic (exact) mass is 297 g/mol. The van der Waals surface area contributed by atoms with Crippen LogP contribution in [0.5, 0.6) is 5.75 Å². The molecule has 0 aliphatic carbocycles. The fourth-order valence-corrected chi connectivity index (χ4v) is 2.27. The lowest BCUT2D eigenvalue weighted by molar-refractivity contribution is 0.0999. The number of halogens is 1. The number of primary amides is 1. The number of carbonyl (C=O) groups is 1. The first-order chi connectivity index (χ1) is 9.63. The Morgan fingerprint density at radius 1 is 1.25 bits per heavy atom. The second-order valence-corrected chi connectivity index (χ2v) is 5.46. The first-order valence-corrected chi connectivity index (χ1v) is 7.77. The van der Waals surface area contributed by atoms with Crippen molar-refractivity contribution < 1.29 is 9.53 Å². The smallest absolute Gasteiger partial charge is 0.248 e. The van der Waals surface area contributed by atoms with E-state index < -0.39 is 5.91 Å². The molecule has 1 rings (SSSR count). The van der Waals surface area contributed by atoms with Crippen molar-refractivity contribution in [1.29, 1.82) is 0 Å². The average molecular weight is 298 g/mol. The molecular weight excluding hydrogens is 274 g/mol. The molecule has 20 heavy (non-hydrogen) atoms. The maximum Gasteiger partial charge on any atom is 0.248 e. The van der Waals surface area contributed by atoms with Gasteiger partial charge in [-0.2, -0.15) is 0 Å². The number of unbranched alkanes of at least 4 members (excludes halogenated alkanes) is 5. The largest absolute Gasteiger partial charge is 0.475 e. The summed E-state index contributed by atoms with van der Waals surface area (Å²) in [6, 6.07) is 6.80. The molecule has 0 heterocycles. The van der Waals surface area contributed by atoms with Crippen LogP contribution in [0.2, 0.25) is 0 Å². The van der Waals surface area contributed by atoms with Crippen LogP contribution in [0.4, 0.5) is 0 Å². The quantitative estimate of drug-likeness (QED) is 0.511. The van der Waals surface area contributed by atoms with Crippen LogP contribution in [0, 0.1) is 0 Å². The van der Waals surface area contributed by atoms with E-state index in [0.717, 1.165) is 12.8 Å². The molecular formula is C16H24ClNO2. The highest BCUT2D eigenvalue weighted by Gasteiger charge is 2.08. The first-order valence-electron chi connectivity index (χ1n) is 7.34. The van der Waals surface area contributed by atoms with Crippen molar-refractivity contribution in [3.05, 3.63) is 29.8 Å². The molecule has 2 N–H and O–H groups in total. The third-order valence-electron chi connectivity index (χ3n) is 3.17. The Bertz CT molecular complexity index is 409. The van der Waals surface area contributed by atoms with Gasteiger partial charge in [0.25, 0.3) is 0 Å². The third-order valence-corrected chi connectivity index (χ3v) is 3.47. The fourth-order valence-electron chi connectivity index (χ4n) is 2.01. The van der Waals surface area contributed by atoms with E-state index >= 15 is 0 Å². The van der Waals surface area contributed by atoms with Gasteiger partial charge in [-0.3, -0.25) is 4.79 Å². The van der Waals surface area contributed by atoms with Gasteiger partial charge in [-0.25, -0.2) is 0 Å². The van der Waals surface area contributed by atoms with Crippen molar-refractivity contribution in [3.8, 4) is 5.75 Å². The van der Waals surface area contributed by atoms with Gasteiger partial charge in [0.2, 0.25) is 5.91 Å². The van der Waals surface area contributed by atoms with E-state index in [9.17, 15) is 4.79 Å². The van der Waals surface area contributed by atoms with Gasteiger partial charge in [0.1, 0.15) is 5.75 Å². The average Bonchev–Trinajstić information content (AvgIpc) is 2.43. The standard InChI is InChI=1S/C16H24ClNO2/c1-2-3-4-5-6-7-11-15(17)20-14-10-8-9-13(12-14)16(18)19/h8-10,12,15H,2-7,11H2,1H3,(H2,18,19). The van der Waals surface area contributed by atoms with Crippen molar-refractivity contribution in [1.82, 2.24) is 0 Å². The zero-order valence-corrected chi connectivity index (χ0v) is 12.9. The third kappa shape index (κ3) is 6.80. The highest BCUT2D eigenvalue weighted by atomic mass is 35.5. The molecule has 112 valence electrons. The fraction of sp³-hybridized carbons (Fsp3) is 0.562. The number of benzene rings is 1. The molecule has 1 aromatic rings. The van der Waals surface area contributed by atoms with Crippen LogP contribution >= 0.6 is 11.6 Å². The van der Waals surface area contributed by atoms with E-state index in [2.05, 4.69) is 6.92 Å². The Labute approximate surface area is 126 Å². The molecule has 4 heteroatoms. The van der Waals surface area contributed by atoms with Gasteiger partial charge in [0.05, 0.1) is 0 Å². The molecule has 1 aromatic carbocycles. The number of hydrogen-bond acceptors (Lipinski definition) is 2. The summed E-state index contributed by atoms with van der Waals surface area (Å²) >= 11 is 6.15. The summed E-state index contributed by atoms with van der Waals surface area (Å²) < 4.78 is 5.59. The van der Waals surface area contributed by atoms with E-state index in [4.69, 9.17) is 22.1 Å². The Morgan fingerprint density at radius 3 is 2.65 bits per heavy atom. The first kappa shape index (κ1) is 16.8. The van der Waals surface area contributed by atoms with Crippen LogP contribution in [0.3, 0.4) is 0 Å². The number of ether oxygens (including phenoxy) is 1. The van der Waals surface area contributed by atoms with Gasteiger partial charge in [-0.15, -0.1) is 0 Å². The molecule has 0 aliphatic rings. The van der Waals surface area contributed by atoms with Crippen molar-refractivity contribution in [3.63, 3.8) is 0 Å². The predicted octanol–water partition coefficient (Wildman–Crippen LogP) is 4.48. The SMILES string of the molecule is CCCCCCCCC(Cl)Oc1cccc(C(N)=O)c1. The summed E-state index contributed by atoms with van der Waals surface area (Å²) in [5, 5.41) is 0. The molecule has 0 fully saturated rings. The molecule has 1 amide bonds. The molecule has 0 radical (unpaired) electrons. The summed E-state index contributed by atoms with van der Waals surface area (Å²) in [4.78, 5) is 11.1. The molecule has 0 spiro atoms. The normalized spacial score (nSPS) is 12.1. The van der Waals surface area contributed by atoms with E-state index in [-0.39, 0.29) is 5.56 Å². The van der Waals surface area contributed by atoms with Gasteiger partial charge >= 0.3 is 0 Å². The molecule has 1 atom stereocenters. The molecule has 1 unspecified atom stereocenters. The van der Waals surface area contributed by atoms with Crippen LogP contribution < -0.4 is 10.5 Å². The lowest BCUT2D eigenvalue weighted by Crippen LogP contribution is -2.12. The minimum absolute atomic E-state index is 0.357. The number of alkyl halides is 1. The Hall–Kier alpha value is -1.22. The zero-order chi connectivity index (χ0) is 14.8. The summed E-state index contributed by atoms with van der Waals surface area (Å²) in [5.41, 5.74) is 5.30. The molecule has 0 aliphatic heterocycles.